The maximum Gasteiger partial charge on any atom is 0.410 e. The summed E-state index contributed by atoms with van der Waals surface area (Å²) in [4.78, 5) is 24.4. The molecule has 2 rings (SSSR count). The zero-order valence-corrected chi connectivity index (χ0v) is 10.6. The zero-order chi connectivity index (χ0) is 13.1. The molecule has 1 aliphatic rings. The topological polar surface area (TPSA) is 58.6 Å². The molecule has 1 aromatic rings. The Morgan fingerprint density at radius 3 is 3.00 bits per heavy atom. The Bertz CT molecular complexity index is 478. The van der Waals surface area contributed by atoms with Gasteiger partial charge in [0, 0.05) is 17.6 Å². The fourth-order valence-corrected chi connectivity index (χ4v) is 1.88. The van der Waals surface area contributed by atoms with Gasteiger partial charge in [0.25, 0.3) is 5.91 Å². The zero-order valence-electron chi connectivity index (χ0n) is 9.85. The number of halogens is 1. The van der Waals surface area contributed by atoms with Crippen LogP contribution in [-0.2, 0) is 4.74 Å². The molecule has 0 saturated carbocycles. The highest BCUT2D eigenvalue weighted by atomic mass is 35.5. The minimum Gasteiger partial charge on any atom is -0.442 e. The molecule has 0 aliphatic carbocycles. The summed E-state index contributed by atoms with van der Waals surface area (Å²) in [5, 5.41) is 3.22. The fourth-order valence-electron chi connectivity index (χ4n) is 1.69. The van der Waals surface area contributed by atoms with E-state index in [0.29, 0.717) is 23.7 Å². The third kappa shape index (κ3) is 2.92. The van der Waals surface area contributed by atoms with E-state index in [1.807, 2.05) is 0 Å². The molecule has 0 aromatic heterocycles. The Morgan fingerprint density at radius 2 is 2.39 bits per heavy atom. The van der Waals surface area contributed by atoms with Crippen molar-refractivity contribution in [3.8, 4) is 0 Å². The van der Waals surface area contributed by atoms with Crippen LogP contribution in [-0.4, -0.2) is 43.1 Å². The van der Waals surface area contributed by atoms with E-state index in [1.165, 1.54) is 4.90 Å². The number of benzene rings is 1. The maximum atomic E-state index is 11.8. The molecule has 1 atom stereocenters. The summed E-state index contributed by atoms with van der Waals surface area (Å²) >= 11 is 5.80. The van der Waals surface area contributed by atoms with Gasteiger partial charge < -0.3 is 15.0 Å². The Morgan fingerprint density at radius 1 is 1.61 bits per heavy atom. The lowest BCUT2D eigenvalue weighted by atomic mass is 10.2. The van der Waals surface area contributed by atoms with Crippen molar-refractivity contribution in [1.82, 2.24) is 10.2 Å². The first kappa shape index (κ1) is 12.7. The lowest BCUT2D eigenvalue weighted by Crippen LogP contribution is -2.34. The van der Waals surface area contributed by atoms with Gasteiger partial charge >= 0.3 is 6.09 Å². The van der Waals surface area contributed by atoms with Crippen LogP contribution in [0.5, 0.6) is 0 Å². The highest BCUT2D eigenvalue weighted by Crippen LogP contribution is 2.11. The molecule has 1 aliphatic heterocycles. The van der Waals surface area contributed by atoms with Gasteiger partial charge in [-0.3, -0.25) is 4.79 Å². The number of rotatable bonds is 3. The molecule has 1 unspecified atom stereocenters. The number of hydrogen-bond acceptors (Lipinski definition) is 3. The number of likely N-dealkylation sites (N-methyl/N-ethyl adjacent to an activating group) is 1. The van der Waals surface area contributed by atoms with E-state index in [-0.39, 0.29) is 18.1 Å². The molecule has 5 nitrogen and oxygen atoms in total. The van der Waals surface area contributed by atoms with Crippen LogP contribution in [0.3, 0.4) is 0 Å². The Hall–Kier alpha value is -1.75. The summed E-state index contributed by atoms with van der Waals surface area (Å²) in [6, 6.07) is 6.67. The minimum atomic E-state index is -0.364. The van der Waals surface area contributed by atoms with E-state index in [4.69, 9.17) is 16.3 Å². The Labute approximate surface area is 110 Å². The lowest BCUT2D eigenvalue weighted by molar-refractivity contribution is 0.0915. The predicted molar refractivity (Wildman–Crippen MR) is 66.7 cm³/mol. The molecule has 1 fully saturated rings. The summed E-state index contributed by atoms with van der Waals surface area (Å²) in [5.41, 5.74) is 0.486. The highest BCUT2D eigenvalue weighted by Gasteiger charge is 2.28. The summed E-state index contributed by atoms with van der Waals surface area (Å²) in [6.07, 6.45) is -0.664. The molecule has 0 radical (unpaired) electrons. The largest absolute Gasteiger partial charge is 0.442 e. The third-order valence-corrected chi connectivity index (χ3v) is 2.87. The van der Waals surface area contributed by atoms with E-state index < -0.39 is 0 Å². The number of nitrogens with zero attached hydrogens (tertiary/aromatic N) is 1. The summed E-state index contributed by atoms with van der Waals surface area (Å²) in [7, 11) is 1.65. The van der Waals surface area contributed by atoms with Gasteiger partial charge in [-0.15, -0.1) is 0 Å². The molecule has 2 amide bonds. The molecule has 1 saturated heterocycles. The molecule has 96 valence electrons. The fraction of sp³-hybridized carbons (Fsp3) is 0.333. The van der Waals surface area contributed by atoms with Gasteiger partial charge in [0.1, 0.15) is 6.10 Å². The second-order valence-corrected chi connectivity index (χ2v) is 4.54. The van der Waals surface area contributed by atoms with Gasteiger partial charge in [0.05, 0.1) is 13.1 Å². The van der Waals surface area contributed by atoms with Crippen molar-refractivity contribution in [2.45, 2.75) is 6.10 Å². The van der Waals surface area contributed by atoms with Crippen LogP contribution in [0.4, 0.5) is 4.79 Å². The number of carbonyl (C=O) groups excluding carboxylic acids is 2. The number of hydrogen-bond donors (Lipinski definition) is 1. The second-order valence-electron chi connectivity index (χ2n) is 4.11. The molecule has 18 heavy (non-hydrogen) atoms. The predicted octanol–water partition coefficient (Wildman–Crippen LogP) is 1.52. The van der Waals surface area contributed by atoms with Crippen molar-refractivity contribution >= 4 is 23.6 Å². The summed E-state index contributed by atoms with van der Waals surface area (Å²) < 4.78 is 5.03. The Kier molecular flexibility index (Phi) is 3.72. The number of cyclic esters (lactones) is 1. The number of amides is 2. The van der Waals surface area contributed by atoms with Gasteiger partial charge in [0.2, 0.25) is 0 Å². The molecule has 6 heteroatoms. The standard InChI is InChI=1S/C12H13ClN2O3/c1-15-7-10(18-12(15)17)6-14-11(16)8-3-2-4-9(13)5-8/h2-5,10H,6-7H2,1H3,(H,14,16). The van der Waals surface area contributed by atoms with Crippen LogP contribution in [0.15, 0.2) is 24.3 Å². The van der Waals surface area contributed by atoms with Gasteiger partial charge in [-0.1, -0.05) is 17.7 Å². The Balaban J connectivity index is 1.87. The smallest absolute Gasteiger partial charge is 0.410 e. The minimum absolute atomic E-state index is 0.233. The average Bonchev–Trinajstić information content (AvgIpc) is 2.66. The van der Waals surface area contributed by atoms with Crippen molar-refractivity contribution in [2.24, 2.45) is 0 Å². The quantitative estimate of drug-likeness (QED) is 0.904. The number of carbonyl (C=O) groups is 2. The first-order valence-electron chi connectivity index (χ1n) is 5.52. The van der Waals surface area contributed by atoms with E-state index in [2.05, 4.69) is 5.32 Å². The van der Waals surface area contributed by atoms with Crippen LogP contribution in [0.2, 0.25) is 5.02 Å². The van der Waals surface area contributed by atoms with Gasteiger partial charge in [-0.05, 0) is 18.2 Å². The molecule has 0 bridgehead atoms. The molecule has 1 heterocycles. The third-order valence-electron chi connectivity index (χ3n) is 2.63. The van der Waals surface area contributed by atoms with Crippen LogP contribution in [0.25, 0.3) is 0 Å². The van der Waals surface area contributed by atoms with Gasteiger partial charge in [-0.25, -0.2) is 4.79 Å². The van der Waals surface area contributed by atoms with Crippen molar-refractivity contribution in [3.63, 3.8) is 0 Å². The van der Waals surface area contributed by atoms with Crippen molar-refractivity contribution < 1.29 is 14.3 Å². The normalized spacial score (nSPS) is 18.7. The summed E-state index contributed by atoms with van der Waals surface area (Å²) in [6.45, 7) is 0.774. The van der Waals surface area contributed by atoms with Crippen molar-refractivity contribution in [1.29, 1.82) is 0 Å². The van der Waals surface area contributed by atoms with Crippen molar-refractivity contribution in [3.05, 3.63) is 34.9 Å². The maximum absolute atomic E-state index is 11.8. The first-order chi connectivity index (χ1) is 8.56. The second kappa shape index (κ2) is 5.27. The lowest BCUT2D eigenvalue weighted by Gasteiger charge is -2.09. The SMILES string of the molecule is CN1CC(CNC(=O)c2cccc(Cl)c2)OC1=O. The highest BCUT2D eigenvalue weighted by molar-refractivity contribution is 6.30. The average molecular weight is 269 g/mol. The van der Waals surface area contributed by atoms with E-state index in [9.17, 15) is 9.59 Å². The van der Waals surface area contributed by atoms with Gasteiger partial charge in [-0.2, -0.15) is 0 Å². The monoisotopic (exact) mass is 268 g/mol. The van der Waals surface area contributed by atoms with E-state index in [0.717, 1.165) is 0 Å². The van der Waals surface area contributed by atoms with Gasteiger partial charge in [0.15, 0.2) is 0 Å². The first-order valence-corrected chi connectivity index (χ1v) is 5.89. The van der Waals surface area contributed by atoms with Crippen molar-refractivity contribution in [2.75, 3.05) is 20.1 Å². The molecule has 1 aromatic carbocycles. The van der Waals surface area contributed by atoms with E-state index >= 15 is 0 Å². The van der Waals surface area contributed by atoms with E-state index in [1.54, 1.807) is 31.3 Å². The number of ether oxygens (including phenoxy) is 1. The van der Waals surface area contributed by atoms with Crippen LogP contribution >= 0.6 is 11.6 Å². The van der Waals surface area contributed by atoms with Crippen LogP contribution in [0.1, 0.15) is 10.4 Å². The molecule has 1 N–H and O–H groups in total. The molecular weight excluding hydrogens is 256 g/mol. The summed E-state index contributed by atoms with van der Waals surface area (Å²) in [5.74, 6) is -0.233. The van der Waals surface area contributed by atoms with Crippen LogP contribution < -0.4 is 5.32 Å². The molecular formula is C12H13ClN2O3. The van der Waals surface area contributed by atoms with Crippen LogP contribution in [0, 0.1) is 0 Å². The number of nitrogens with one attached hydrogen (secondary N) is 1. The molecule has 0 spiro atoms.